The number of β-lactam (4-membered cyclic amide) rings is 1. The third-order valence-electron chi connectivity index (χ3n) is 4.72. The third kappa shape index (κ3) is 4.19. The predicted molar refractivity (Wildman–Crippen MR) is 120 cm³/mol. The summed E-state index contributed by atoms with van der Waals surface area (Å²) in [5, 5.41) is 27.5. The summed E-state index contributed by atoms with van der Waals surface area (Å²) in [4.78, 5) is 42.3. The largest absolute Gasteiger partial charge is 0.477 e. The molecule has 0 aromatic carbocycles. The smallest absolute Gasteiger partial charge is 0.352 e. The highest BCUT2D eigenvalue weighted by Gasteiger charge is 2.54. The van der Waals surface area contributed by atoms with E-state index in [4.69, 9.17) is 21.9 Å². The van der Waals surface area contributed by atoms with Crippen LogP contribution in [0.1, 0.15) is 17.1 Å². The number of anilines is 1. The Balaban J connectivity index is 1.53. The van der Waals surface area contributed by atoms with E-state index in [2.05, 4.69) is 20.6 Å². The molecule has 172 valence electrons. The van der Waals surface area contributed by atoms with Crippen molar-refractivity contribution >= 4 is 69.4 Å². The zero-order valence-electron chi connectivity index (χ0n) is 16.7. The average molecular weight is 511 g/mol. The molecule has 33 heavy (non-hydrogen) atoms. The van der Waals surface area contributed by atoms with Crippen molar-refractivity contribution in [2.24, 2.45) is 5.16 Å². The number of aromatic nitrogens is 2. The number of rotatable bonds is 6. The first kappa shape index (κ1) is 22.8. The molecule has 0 radical (unpaired) electrons. The SMILES string of the molecule is Cc1cc(/C=C\C2=C(C(=O)O)N3C(=O)[C@@H](NC(=O)/C(=N\O)c4nc(N)sc4Cl)[C@H]3SC2)on1. The van der Waals surface area contributed by atoms with Crippen molar-refractivity contribution in [2.45, 2.75) is 18.3 Å². The molecule has 0 spiro atoms. The van der Waals surface area contributed by atoms with Crippen molar-refractivity contribution in [3.8, 4) is 0 Å². The van der Waals surface area contributed by atoms with Gasteiger partial charge in [-0.3, -0.25) is 14.5 Å². The number of thiazole rings is 1. The number of carbonyl (C=O) groups is 3. The summed E-state index contributed by atoms with van der Waals surface area (Å²) in [6.45, 7) is 1.75. The lowest BCUT2D eigenvalue weighted by atomic mass is 10.0. The van der Waals surface area contributed by atoms with Crippen molar-refractivity contribution < 1.29 is 29.2 Å². The number of nitrogens with two attached hydrogens (primary N) is 1. The van der Waals surface area contributed by atoms with E-state index in [9.17, 15) is 24.7 Å². The molecule has 2 aromatic rings. The minimum atomic E-state index is -1.28. The quantitative estimate of drug-likeness (QED) is 0.191. The molecule has 0 saturated carbocycles. The highest BCUT2D eigenvalue weighted by molar-refractivity contribution is 8.00. The van der Waals surface area contributed by atoms with E-state index in [1.165, 1.54) is 11.8 Å². The van der Waals surface area contributed by atoms with E-state index in [1.807, 2.05) is 0 Å². The Morgan fingerprint density at radius 2 is 2.21 bits per heavy atom. The molecule has 2 aromatic heterocycles. The minimum absolute atomic E-state index is 0.0403. The molecule has 2 amide bonds. The number of hydrogen-bond donors (Lipinski definition) is 4. The number of thioether (sulfide) groups is 1. The topological polar surface area (TPSA) is 184 Å². The molecule has 15 heteroatoms. The fourth-order valence-corrected chi connectivity index (χ4v) is 5.54. The highest BCUT2D eigenvalue weighted by atomic mass is 35.5. The lowest BCUT2D eigenvalue weighted by Gasteiger charge is -2.49. The molecule has 2 aliphatic heterocycles. The standard InChI is InChI=1S/C18H15ClN6O6S2/c1-6-4-8(31-24-6)3-2-7-5-32-16-11(15(27)25(16)12(7)17(28)29)21-14(26)10(23-30)9-13(19)33-18(20)22-9/h2-4,11,16,30H,5H2,1H3,(H2,20,22)(H,21,26)(H,28,29)/b3-2-,23-10-/t11-,16-/m1/s1. The Morgan fingerprint density at radius 3 is 2.79 bits per heavy atom. The number of fused-ring (bicyclic) bond motifs is 1. The number of aliphatic carboxylic acids is 1. The first-order chi connectivity index (χ1) is 15.7. The number of carboxylic acid groups (broad SMARTS) is 1. The van der Waals surface area contributed by atoms with Gasteiger partial charge in [-0.1, -0.05) is 39.3 Å². The van der Waals surface area contributed by atoms with Gasteiger partial charge in [0.25, 0.3) is 11.8 Å². The van der Waals surface area contributed by atoms with Gasteiger partial charge in [-0.15, -0.1) is 11.8 Å². The molecule has 0 bridgehead atoms. The summed E-state index contributed by atoms with van der Waals surface area (Å²) in [7, 11) is 0. The third-order valence-corrected chi connectivity index (χ3v) is 7.11. The summed E-state index contributed by atoms with van der Waals surface area (Å²) in [5.74, 6) is -2.11. The van der Waals surface area contributed by atoms with E-state index in [0.29, 0.717) is 17.0 Å². The van der Waals surface area contributed by atoms with Crippen LogP contribution in [0.4, 0.5) is 5.13 Å². The number of halogens is 1. The summed E-state index contributed by atoms with van der Waals surface area (Å²) in [6.07, 6.45) is 3.12. The monoisotopic (exact) mass is 510 g/mol. The minimum Gasteiger partial charge on any atom is -0.477 e. The Morgan fingerprint density at radius 1 is 1.45 bits per heavy atom. The van der Waals surface area contributed by atoms with Gasteiger partial charge in [-0.2, -0.15) is 0 Å². The molecule has 2 aliphatic rings. The van der Waals surface area contributed by atoms with Crippen molar-refractivity contribution in [2.75, 3.05) is 11.5 Å². The first-order valence-corrected chi connectivity index (χ1v) is 11.4. The van der Waals surface area contributed by atoms with Crippen LogP contribution in [-0.4, -0.2) is 66.0 Å². The van der Waals surface area contributed by atoms with Crippen LogP contribution in [0.2, 0.25) is 4.34 Å². The molecule has 5 N–H and O–H groups in total. The van der Waals surface area contributed by atoms with E-state index in [0.717, 1.165) is 16.2 Å². The van der Waals surface area contributed by atoms with Gasteiger partial charge in [0, 0.05) is 11.8 Å². The van der Waals surface area contributed by atoms with Crippen molar-refractivity contribution in [1.82, 2.24) is 20.4 Å². The normalized spacial score (nSPS) is 20.7. The van der Waals surface area contributed by atoms with Crippen LogP contribution in [0.5, 0.6) is 0 Å². The Bertz CT molecular complexity index is 1250. The number of oxime groups is 1. The second-order valence-electron chi connectivity index (χ2n) is 6.87. The average Bonchev–Trinajstić information content (AvgIpc) is 3.34. The lowest BCUT2D eigenvalue weighted by molar-refractivity contribution is -0.150. The second-order valence-corrected chi connectivity index (χ2v) is 9.60. The fraction of sp³-hybridized carbons (Fsp3) is 0.222. The Hall–Kier alpha value is -3.36. The van der Waals surface area contributed by atoms with E-state index >= 15 is 0 Å². The van der Waals surface area contributed by atoms with Crippen molar-refractivity contribution in [3.63, 3.8) is 0 Å². The van der Waals surface area contributed by atoms with Gasteiger partial charge in [-0.25, -0.2) is 9.78 Å². The van der Waals surface area contributed by atoms with E-state index in [1.54, 1.807) is 25.1 Å². The lowest BCUT2D eigenvalue weighted by Crippen LogP contribution is -2.71. The fourth-order valence-electron chi connectivity index (χ4n) is 3.29. The van der Waals surface area contributed by atoms with Crippen LogP contribution in [0.25, 0.3) is 6.08 Å². The molecular formula is C18H15ClN6O6S2. The number of carbonyl (C=O) groups excluding carboxylic acids is 2. The number of carboxylic acids is 1. The van der Waals surface area contributed by atoms with Crippen LogP contribution in [0, 0.1) is 6.92 Å². The molecular weight excluding hydrogens is 496 g/mol. The maximum absolute atomic E-state index is 12.8. The van der Waals surface area contributed by atoms with Crippen LogP contribution in [0.3, 0.4) is 0 Å². The molecule has 1 saturated heterocycles. The number of aryl methyl sites for hydroxylation is 1. The number of nitrogen functional groups attached to an aromatic ring is 1. The Kier molecular flexibility index (Phi) is 6.14. The summed E-state index contributed by atoms with van der Waals surface area (Å²) in [6, 6.07) is 0.643. The van der Waals surface area contributed by atoms with Crippen LogP contribution >= 0.6 is 34.7 Å². The van der Waals surface area contributed by atoms with E-state index < -0.39 is 34.9 Å². The summed E-state index contributed by atoms with van der Waals surface area (Å²) < 4.78 is 5.12. The van der Waals surface area contributed by atoms with E-state index in [-0.39, 0.29) is 26.6 Å². The number of allylic oxidation sites excluding steroid dienone is 1. The zero-order valence-corrected chi connectivity index (χ0v) is 19.1. The molecule has 0 aliphatic carbocycles. The second kappa shape index (κ2) is 8.88. The van der Waals surface area contributed by atoms with Crippen molar-refractivity contribution in [1.29, 1.82) is 0 Å². The van der Waals surface area contributed by atoms with Gasteiger partial charge in [0.05, 0.1) is 5.69 Å². The molecule has 2 atom stereocenters. The maximum Gasteiger partial charge on any atom is 0.352 e. The number of nitrogens with zero attached hydrogens (tertiary/aromatic N) is 4. The number of amides is 2. The molecule has 4 heterocycles. The van der Waals surface area contributed by atoms with Crippen LogP contribution in [-0.2, 0) is 14.4 Å². The number of hydrogen-bond acceptors (Lipinski definition) is 11. The summed E-state index contributed by atoms with van der Waals surface area (Å²) >= 11 is 8.12. The number of nitrogens with one attached hydrogen (secondary N) is 1. The predicted octanol–water partition coefficient (Wildman–Crippen LogP) is 1.31. The molecule has 1 fully saturated rings. The van der Waals surface area contributed by atoms with Crippen molar-refractivity contribution in [3.05, 3.63) is 44.9 Å². The van der Waals surface area contributed by atoms with Gasteiger partial charge in [0.2, 0.25) is 0 Å². The summed E-state index contributed by atoms with van der Waals surface area (Å²) in [5.41, 5.74) is 5.80. The molecule has 4 rings (SSSR count). The van der Waals surface area contributed by atoms with Gasteiger partial charge in [0.15, 0.2) is 16.6 Å². The maximum atomic E-state index is 12.8. The molecule has 12 nitrogen and oxygen atoms in total. The molecule has 0 unspecified atom stereocenters. The van der Waals surface area contributed by atoms with Gasteiger partial charge in [-0.05, 0) is 18.6 Å². The van der Waals surface area contributed by atoms with Gasteiger partial charge in [0.1, 0.15) is 27.1 Å². The van der Waals surface area contributed by atoms with Gasteiger partial charge >= 0.3 is 5.97 Å². The zero-order chi connectivity index (χ0) is 23.9. The Labute approximate surface area is 198 Å². The van der Waals surface area contributed by atoms with Gasteiger partial charge < -0.3 is 25.9 Å². The highest BCUT2D eigenvalue weighted by Crippen LogP contribution is 2.41. The van der Waals surface area contributed by atoms with Crippen LogP contribution < -0.4 is 11.1 Å². The van der Waals surface area contributed by atoms with Crippen LogP contribution in [0.15, 0.2) is 33.1 Å². The first-order valence-electron chi connectivity index (χ1n) is 9.19.